The number of carbonyl (C=O) groups is 2. The van der Waals surface area contributed by atoms with E-state index in [4.69, 9.17) is 39.5 Å². The number of ketones is 1. The second kappa shape index (κ2) is 7.14. The summed E-state index contributed by atoms with van der Waals surface area (Å²) in [7, 11) is 0. The van der Waals surface area contributed by atoms with Crippen molar-refractivity contribution in [3.63, 3.8) is 0 Å². The van der Waals surface area contributed by atoms with E-state index in [9.17, 15) is 9.59 Å². The molecular weight excluding hydrogens is 347 g/mol. The second-order valence-corrected chi connectivity index (χ2v) is 5.83. The Bertz CT molecular complexity index is 728. The molecule has 1 unspecified atom stereocenters. The number of benzene rings is 2. The van der Waals surface area contributed by atoms with Crippen molar-refractivity contribution in [3.8, 4) is 0 Å². The van der Waals surface area contributed by atoms with E-state index in [1.165, 1.54) is 25.1 Å². The first-order chi connectivity index (χ1) is 10.4. The highest BCUT2D eigenvalue weighted by Crippen LogP contribution is 2.22. The Morgan fingerprint density at radius 1 is 1.00 bits per heavy atom. The number of hydrogen-bond acceptors (Lipinski definition) is 3. The van der Waals surface area contributed by atoms with Crippen molar-refractivity contribution >= 4 is 46.6 Å². The topological polar surface area (TPSA) is 43.4 Å². The number of hydrogen-bond donors (Lipinski definition) is 0. The zero-order chi connectivity index (χ0) is 16.3. The number of halogens is 3. The highest BCUT2D eigenvalue weighted by Gasteiger charge is 2.22. The predicted molar refractivity (Wildman–Crippen MR) is 87.1 cm³/mol. The van der Waals surface area contributed by atoms with E-state index < -0.39 is 12.1 Å². The number of carbonyl (C=O) groups excluding carboxylic acids is 2. The number of esters is 1. The van der Waals surface area contributed by atoms with Gasteiger partial charge < -0.3 is 4.74 Å². The van der Waals surface area contributed by atoms with E-state index >= 15 is 0 Å². The quantitative estimate of drug-likeness (QED) is 0.566. The molecule has 6 heteroatoms. The molecule has 0 aliphatic heterocycles. The lowest BCUT2D eigenvalue weighted by Gasteiger charge is -2.13. The maximum atomic E-state index is 12.2. The zero-order valence-corrected chi connectivity index (χ0v) is 13.7. The van der Waals surface area contributed by atoms with Crippen LogP contribution in [0.5, 0.6) is 0 Å². The van der Waals surface area contributed by atoms with Gasteiger partial charge in [-0.15, -0.1) is 0 Å². The molecular formula is C16H11Cl3O3. The molecule has 0 aliphatic carbocycles. The molecule has 2 aromatic carbocycles. The van der Waals surface area contributed by atoms with Crippen LogP contribution in [-0.4, -0.2) is 17.9 Å². The van der Waals surface area contributed by atoms with Crippen molar-refractivity contribution in [1.29, 1.82) is 0 Å². The maximum absolute atomic E-state index is 12.2. The zero-order valence-electron chi connectivity index (χ0n) is 11.5. The average molecular weight is 358 g/mol. The SMILES string of the molecule is CC(OC(=O)c1cc(Cl)ccc1Cl)C(=O)c1cccc(Cl)c1. The van der Waals surface area contributed by atoms with Crippen LogP contribution in [0.3, 0.4) is 0 Å². The smallest absolute Gasteiger partial charge is 0.340 e. The molecule has 2 aromatic rings. The summed E-state index contributed by atoms with van der Waals surface area (Å²) in [5.74, 6) is -1.07. The van der Waals surface area contributed by atoms with Crippen LogP contribution in [0.4, 0.5) is 0 Å². The third-order valence-corrected chi connectivity index (χ3v) is 3.71. The van der Waals surface area contributed by atoms with E-state index in [1.54, 1.807) is 24.3 Å². The lowest BCUT2D eigenvalue weighted by atomic mass is 10.1. The average Bonchev–Trinajstić information content (AvgIpc) is 2.48. The predicted octanol–water partition coefficient (Wildman–Crippen LogP) is 5.08. The summed E-state index contributed by atoms with van der Waals surface area (Å²) in [5.41, 5.74) is 0.477. The van der Waals surface area contributed by atoms with Crippen LogP contribution in [-0.2, 0) is 4.74 Å². The molecule has 2 rings (SSSR count). The van der Waals surface area contributed by atoms with Gasteiger partial charge in [0, 0.05) is 15.6 Å². The molecule has 0 saturated carbocycles. The van der Waals surface area contributed by atoms with Gasteiger partial charge in [-0.2, -0.15) is 0 Å². The van der Waals surface area contributed by atoms with Gasteiger partial charge in [-0.1, -0.05) is 46.9 Å². The van der Waals surface area contributed by atoms with E-state index in [1.807, 2.05) is 0 Å². The Kier molecular flexibility index (Phi) is 5.46. The highest BCUT2D eigenvalue weighted by molar-refractivity contribution is 6.35. The van der Waals surface area contributed by atoms with Crippen molar-refractivity contribution in [1.82, 2.24) is 0 Å². The van der Waals surface area contributed by atoms with Crippen LogP contribution >= 0.6 is 34.8 Å². The van der Waals surface area contributed by atoms with Crippen molar-refractivity contribution < 1.29 is 14.3 Å². The van der Waals surface area contributed by atoms with Crippen LogP contribution in [0.25, 0.3) is 0 Å². The number of Topliss-reactive ketones (excluding diaryl/α,β-unsaturated/α-hetero) is 1. The summed E-state index contributed by atoms with van der Waals surface area (Å²) in [6.07, 6.45) is -0.971. The Morgan fingerprint density at radius 3 is 2.36 bits per heavy atom. The van der Waals surface area contributed by atoms with Crippen LogP contribution in [0, 0.1) is 0 Å². The van der Waals surface area contributed by atoms with Gasteiger partial charge in [0.2, 0.25) is 5.78 Å². The third-order valence-electron chi connectivity index (χ3n) is 2.91. The molecule has 0 N–H and O–H groups in total. The fourth-order valence-electron chi connectivity index (χ4n) is 1.81. The molecule has 0 aliphatic rings. The fourth-order valence-corrected chi connectivity index (χ4v) is 2.37. The van der Waals surface area contributed by atoms with Crippen molar-refractivity contribution in [3.05, 3.63) is 68.7 Å². The largest absolute Gasteiger partial charge is 0.451 e. The van der Waals surface area contributed by atoms with Crippen LogP contribution in [0.2, 0.25) is 15.1 Å². The molecule has 0 radical (unpaired) electrons. The molecule has 1 atom stereocenters. The van der Waals surface area contributed by atoms with Crippen LogP contribution < -0.4 is 0 Å². The Hall–Kier alpha value is -1.55. The van der Waals surface area contributed by atoms with Gasteiger partial charge in [0.1, 0.15) is 0 Å². The molecule has 0 amide bonds. The summed E-state index contributed by atoms with van der Waals surface area (Å²) >= 11 is 17.6. The molecule has 0 saturated heterocycles. The van der Waals surface area contributed by atoms with Gasteiger partial charge in [-0.3, -0.25) is 4.79 Å². The van der Waals surface area contributed by atoms with Crippen molar-refractivity contribution in [2.75, 3.05) is 0 Å². The summed E-state index contributed by atoms with van der Waals surface area (Å²) in [6.45, 7) is 1.49. The normalized spacial score (nSPS) is 11.8. The second-order valence-electron chi connectivity index (χ2n) is 4.55. The molecule has 0 heterocycles. The molecule has 0 fully saturated rings. The van der Waals surface area contributed by atoms with Crippen molar-refractivity contribution in [2.45, 2.75) is 13.0 Å². The molecule has 114 valence electrons. The Labute approximate surface area is 142 Å². The van der Waals surface area contributed by atoms with Crippen LogP contribution in [0.15, 0.2) is 42.5 Å². The first-order valence-electron chi connectivity index (χ1n) is 6.34. The van der Waals surface area contributed by atoms with E-state index in [-0.39, 0.29) is 16.4 Å². The lowest BCUT2D eigenvalue weighted by molar-refractivity contribution is 0.0319. The van der Waals surface area contributed by atoms with Gasteiger partial charge in [0.25, 0.3) is 0 Å². The van der Waals surface area contributed by atoms with Gasteiger partial charge >= 0.3 is 5.97 Å². The first kappa shape index (κ1) is 16.8. The fraction of sp³-hybridized carbons (Fsp3) is 0.125. The number of ether oxygens (including phenoxy) is 1. The molecule has 0 spiro atoms. The first-order valence-corrected chi connectivity index (χ1v) is 7.47. The van der Waals surface area contributed by atoms with E-state index in [0.29, 0.717) is 15.6 Å². The molecule has 0 bridgehead atoms. The minimum absolute atomic E-state index is 0.111. The molecule has 22 heavy (non-hydrogen) atoms. The molecule has 3 nitrogen and oxygen atoms in total. The van der Waals surface area contributed by atoms with E-state index in [2.05, 4.69) is 0 Å². The van der Waals surface area contributed by atoms with Gasteiger partial charge in [0.05, 0.1) is 10.6 Å². The third kappa shape index (κ3) is 4.01. The summed E-state index contributed by atoms with van der Waals surface area (Å²) in [5, 5.41) is 0.990. The van der Waals surface area contributed by atoms with E-state index in [0.717, 1.165) is 0 Å². The monoisotopic (exact) mass is 356 g/mol. The maximum Gasteiger partial charge on any atom is 0.340 e. The Morgan fingerprint density at radius 2 is 1.68 bits per heavy atom. The Balaban J connectivity index is 2.14. The summed E-state index contributed by atoms with van der Waals surface area (Å²) in [4.78, 5) is 24.3. The van der Waals surface area contributed by atoms with Crippen molar-refractivity contribution in [2.24, 2.45) is 0 Å². The number of rotatable bonds is 4. The summed E-state index contributed by atoms with van der Waals surface area (Å²) in [6, 6.07) is 10.9. The van der Waals surface area contributed by atoms with Crippen LogP contribution in [0.1, 0.15) is 27.6 Å². The molecule has 0 aromatic heterocycles. The van der Waals surface area contributed by atoms with Gasteiger partial charge in [-0.05, 0) is 37.3 Å². The van der Waals surface area contributed by atoms with Gasteiger partial charge in [0.15, 0.2) is 6.10 Å². The summed E-state index contributed by atoms with van der Waals surface area (Å²) < 4.78 is 5.15. The highest BCUT2D eigenvalue weighted by atomic mass is 35.5. The minimum atomic E-state index is -0.971. The minimum Gasteiger partial charge on any atom is -0.451 e. The lowest BCUT2D eigenvalue weighted by Crippen LogP contribution is -2.24. The van der Waals surface area contributed by atoms with Gasteiger partial charge in [-0.25, -0.2) is 4.79 Å². The standard InChI is InChI=1S/C16H11Cl3O3/c1-9(15(20)10-3-2-4-11(17)7-10)22-16(21)13-8-12(18)5-6-14(13)19/h2-9H,1H3.